The van der Waals surface area contributed by atoms with Gasteiger partial charge in [-0.1, -0.05) is 12.1 Å². The van der Waals surface area contributed by atoms with Crippen molar-refractivity contribution in [2.24, 2.45) is 0 Å². The number of ether oxygens (including phenoxy) is 1. The van der Waals surface area contributed by atoms with Gasteiger partial charge < -0.3 is 4.74 Å². The lowest BCUT2D eigenvalue weighted by Gasteiger charge is -2.28. The summed E-state index contributed by atoms with van der Waals surface area (Å²) in [6.45, 7) is 3.46. The minimum absolute atomic E-state index is 0.262. The van der Waals surface area contributed by atoms with E-state index in [-0.39, 0.29) is 12.1 Å². The molecule has 1 heterocycles. The van der Waals surface area contributed by atoms with Crippen molar-refractivity contribution in [1.82, 2.24) is 4.90 Å². The molecule has 0 aromatic heterocycles. The molecule has 0 radical (unpaired) electrons. The number of hydrogen-bond acceptors (Lipinski definition) is 5. The van der Waals surface area contributed by atoms with Crippen LogP contribution in [0.2, 0.25) is 0 Å². The standard InChI is InChI=1S/C14H20FNO3S/c1-14(2)16(3)12(9-15)13(18-14)10-5-7-11(8-6-10)20-19-17-4/h5-8,12-13H,9H2,1-4H3/t12-,13-/m1/s1. The lowest BCUT2D eigenvalue weighted by Crippen LogP contribution is -2.41. The fraction of sp³-hybridized carbons (Fsp3) is 0.571. The molecule has 0 amide bonds. The van der Waals surface area contributed by atoms with E-state index in [0.717, 1.165) is 22.5 Å². The van der Waals surface area contributed by atoms with E-state index in [2.05, 4.69) is 4.89 Å². The number of halogens is 1. The average Bonchev–Trinajstić information content (AvgIpc) is 2.67. The van der Waals surface area contributed by atoms with Gasteiger partial charge in [-0.25, -0.2) is 9.28 Å². The van der Waals surface area contributed by atoms with Crippen molar-refractivity contribution in [3.63, 3.8) is 0 Å². The van der Waals surface area contributed by atoms with Gasteiger partial charge in [0.25, 0.3) is 0 Å². The molecule has 1 saturated heterocycles. The molecule has 1 aliphatic heterocycles. The van der Waals surface area contributed by atoms with Crippen molar-refractivity contribution in [3.8, 4) is 0 Å². The van der Waals surface area contributed by atoms with Gasteiger partial charge in [0.05, 0.1) is 25.2 Å². The van der Waals surface area contributed by atoms with Crippen LogP contribution in [-0.2, 0) is 14.0 Å². The third kappa shape index (κ3) is 3.15. The Kier molecular flexibility index (Phi) is 5.04. The summed E-state index contributed by atoms with van der Waals surface area (Å²) in [4.78, 5) is 7.39. The van der Waals surface area contributed by atoms with Crippen LogP contribution >= 0.6 is 12.0 Å². The molecular formula is C14H20FNO3S. The highest BCUT2D eigenvalue weighted by molar-refractivity contribution is 7.94. The third-order valence-corrected chi connectivity index (χ3v) is 4.35. The molecule has 2 rings (SSSR count). The molecule has 112 valence electrons. The third-order valence-electron chi connectivity index (χ3n) is 3.68. The Labute approximate surface area is 123 Å². The van der Waals surface area contributed by atoms with Gasteiger partial charge in [-0.2, -0.15) is 4.33 Å². The number of alkyl halides is 1. The van der Waals surface area contributed by atoms with Crippen LogP contribution in [-0.4, -0.2) is 37.5 Å². The van der Waals surface area contributed by atoms with Crippen LogP contribution in [0.5, 0.6) is 0 Å². The molecule has 2 atom stereocenters. The number of benzene rings is 1. The molecular weight excluding hydrogens is 281 g/mol. The molecule has 0 unspecified atom stereocenters. The van der Waals surface area contributed by atoms with Crippen molar-refractivity contribution in [3.05, 3.63) is 29.8 Å². The second-order valence-corrected chi connectivity index (χ2v) is 5.98. The average molecular weight is 301 g/mol. The van der Waals surface area contributed by atoms with Gasteiger partial charge in [0.15, 0.2) is 0 Å². The predicted octanol–water partition coefficient (Wildman–Crippen LogP) is 3.35. The molecule has 0 N–H and O–H groups in total. The Morgan fingerprint density at radius 1 is 1.35 bits per heavy atom. The van der Waals surface area contributed by atoms with Crippen molar-refractivity contribution in [2.75, 3.05) is 20.8 Å². The first kappa shape index (κ1) is 15.7. The number of nitrogens with zero attached hydrogens (tertiary/aromatic N) is 1. The SMILES string of the molecule is COOSc1ccc([C@H]2OC(C)(C)N(C)[C@@H]2CF)cc1. The summed E-state index contributed by atoms with van der Waals surface area (Å²) in [6, 6.07) is 7.42. The maximum absolute atomic E-state index is 13.3. The summed E-state index contributed by atoms with van der Waals surface area (Å²) in [5.41, 5.74) is 0.500. The Hall–Kier alpha value is -0.660. The summed E-state index contributed by atoms with van der Waals surface area (Å²) in [7, 11) is 3.35. The van der Waals surface area contributed by atoms with E-state index in [0.29, 0.717) is 0 Å². The lowest BCUT2D eigenvalue weighted by molar-refractivity contribution is -0.160. The quantitative estimate of drug-likeness (QED) is 0.473. The summed E-state index contributed by atoms with van der Waals surface area (Å²) >= 11 is 1.13. The van der Waals surface area contributed by atoms with Crippen molar-refractivity contribution in [2.45, 2.75) is 36.6 Å². The largest absolute Gasteiger partial charge is 0.351 e. The Morgan fingerprint density at radius 2 is 2.00 bits per heavy atom. The minimum Gasteiger partial charge on any atom is -0.351 e. The highest BCUT2D eigenvalue weighted by Gasteiger charge is 2.45. The molecule has 0 aliphatic carbocycles. The second kappa shape index (κ2) is 6.41. The van der Waals surface area contributed by atoms with E-state index in [1.807, 2.05) is 50.1 Å². The van der Waals surface area contributed by atoms with E-state index in [4.69, 9.17) is 9.07 Å². The molecule has 0 bridgehead atoms. The van der Waals surface area contributed by atoms with Crippen LogP contribution < -0.4 is 0 Å². The highest BCUT2D eigenvalue weighted by Crippen LogP contribution is 2.40. The predicted molar refractivity (Wildman–Crippen MR) is 75.8 cm³/mol. The van der Waals surface area contributed by atoms with Crippen LogP contribution in [0.25, 0.3) is 0 Å². The Balaban J connectivity index is 2.14. The van der Waals surface area contributed by atoms with Gasteiger partial charge >= 0.3 is 0 Å². The zero-order chi connectivity index (χ0) is 14.8. The minimum atomic E-state index is -0.464. The normalized spacial score (nSPS) is 26.1. The summed E-state index contributed by atoms with van der Waals surface area (Å²) in [5, 5.41) is 0. The van der Waals surface area contributed by atoms with Crippen LogP contribution in [0.1, 0.15) is 25.5 Å². The van der Waals surface area contributed by atoms with E-state index < -0.39 is 12.4 Å². The van der Waals surface area contributed by atoms with Gasteiger partial charge in [0.1, 0.15) is 18.5 Å². The maximum atomic E-state index is 13.3. The summed E-state index contributed by atoms with van der Waals surface area (Å²) in [5.74, 6) is 0. The zero-order valence-corrected chi connectivity index (χ0v) is 12.9. The highest BCUT2D eigenvalue weighted by atomic mass is 32.2. The van der Waals surface area contributed by atoms with Crippen LogP contribution in [0, 0.1) is 0 Å². The molecule has 1 aromatic carbocycles. The zero-order valence-electron chi connectivity index (χ0n) is 12.1. The summed E-state index contributed by atoms with van der Waals surface area (Å²) in [6.07, 6.45) is -0.262. The van der Waals surface area contributed by atoms with Crippen LogP contribution in [0.4, 0.5) is 4.39 Å². The van der Waals surface area contributed by atoms with Crippen molar-refractivity contribution < 1.29 is 18.3 Å². The first-order valence-corrected chi connectivity index (χ1v) is 7.18. The summed E-state index contributed by atoms with van der Waals surface area (Å²) < 4.78 is 24.1. The monoisotopic (exact) mass is 301 g/mol. The maximum Gasteiger partial charge on any atom is 0.117 e. The molecule has 20 heavy (non-hydrogen) atoms. The molecule has 0 spiro atoms. The van der Waals surface area contributed by atoms with Gasteiger partial charge in [-0.3, -0.25) is 4.90 Å². The first-order valence-electron chi connectivity index (χ1n) is 6.43. The van der Waals surface area contributed by atoms with E-state index in [1.54, 1.807) is 0 Å². The Bertz CT molecular complexity index is 441. The van der Waals surface area contributed by atoms with E-state index in [1.165, 1.54) is 7.11 Å². The molecule has 6 heteroatoms. The molecule has 1 aromatic rings. The van der Waals surface area contributed by atoms with Crippen LogP contribution in [0.3, 0.4) is 0 Å². The van der Waals surface area contributed by atoms with Crippen molar-refractivity contribution in [1.29, 1.82) is 0 Å². The van der Waals surface area contributed by atoms with E-state index >= 15 is 0 Å². The molecule has 1 fully saturated rings. The lowest BCUT2D eigenvalue weighted by atomic mass is 10.0. The van der Waals surface area contributed by atoms with Gasteiger partial charge in [-0.15, -0.1) is 0 Å². The topological polar surface area (TPSA) is 30.9 Å². The van der Waals surface area contributed by atoms with Gasteiger partial charge in [-0.05, 0) is 38.6 Å². The second-order valence-electron chi connectivity index (χ2n) is 5.20. The fourth-order valence-corrected chi connectivity index (χ4v) is 2.73. The van der Waals surface area contributed by atoms with Crippen LogP contribution in [0.15, 0.2) is 29.2 Å². The molecule has 4 nitrogen and oxygen atoms in total. The van der Waals surface area contributed by atoms with Gasteiger partial charge in [0.2, 0.25) is 0 Å². The fourth-order valence-electron chi connectivity index (χ4n) is 2.34. The number of rotatable bonds is 5. The van der Waals surface area contributed by atoms with Gasteiger partial charge in [0, 0.05) is 4.90 Å². The van der Waals surface area contributed by atoms with Crippen molar-refractivity contribution >= 4 is 12.0 Å². The number of likely N-dealkylation sites (N-methyl/N-ethyl adjacent to an activating group) is 1. The number of hydrogen-bond donors (Lipinski definition) is 0. The van der Waals surface area contributed by atoms with E-state index in [9.17, 15) is 4.39 Å². The Morgan fingerprint density at radius 3 is 2.55 bits per heavy atom. The smallest absolute Gasteiger partial charge is 0.117 e. The molecule has 1 aliphatic rings. The molecule has 0 saturated carbocycles. The first-order chi connectivity index (χ1) is 9.49.